The highest BCUT2D eigenvalue weighted by molar-refractivity contribution is 9.10. The Balaban J connectivity index is 1.47. The number of nitrogens with one attached hydrogen (secondary N) is 2. The molecule has 2 aromatic rings. The van der Waals surface area contributed by atoms with Gasteiger partial charge in [0.2, 0.25) is 5.91 Å². The van der Waals surface area contributed by atoms with Crippen molar-refractivity contribution in [3.8, 4) is 0 Å². The molecule has 1 fully saturated rings. The molecular formula is C21H24BrN3O2. The summed E-state index contributed by atoms with van der Waals surface area (Å²) in [6.45, 7) is 3.45. The smallest absolute Gasteiger partial charge is 0.319 e. The molecule has 0 radical (unpaired) electrons. The van der Waals surface area contributed by atoms with E-state index < -0.39 is 0 Å². The van der Waals surface area contributed by atoms with Crippen molar-refractivity contribution in [1.29, 1.82) is 0 Å². The largest absolute Gasteiger partial charge is 0.338 e. The van der Waals surface area contributed by atoms with Crippen molar-refractivity contribution in [3.05, 3.63) is 64.1 Å². The van der Waals surface area contributed by atoms with Crippen LogP contribution < -0.4 is 10.6 Å². The lowest BCUT2D eigenvalue weighted by Crippen LogP contribution is -2.37. The molecule has 2 aromatic carbocycles. The minimum Gasteiger partial charge on any atom is -0.338 e. The summed E-state index contributed by atoms with van der Waals surface area (Å²) < 4.78 is 1.04. The van der Waals surface area contributed by atoms with E-state index in [-0.39, 0.29) is 18.0 Å². The molecular weight excluding hydrogens is 406 g/mol. The van der Waals surface area contributed by atoms with E-state index in [0.29, 0.717) is 13.0 Å². The molecule has 1 heterocycles. The fourth-order valence-electron chi connectivity index (χ4n) is 3.20. The predicted molar refractivity (Wildman–Crippen MR) is 111 cm³/mol. The Bertz CT molecular complexity index is 790. The van der Waals surface area contributed by atoms with Crippen LogP contribution in [-0.2, 0) is 17.8 Å². The normalized spacial score (nSPS) is 14.9. The van der Waals surface area contributed by atoms with Crippen LogP contribution in [0.1, 0.15) is 30.9 Å². The first-order valence-corrected chi connectivity index (χ1v) is 9.97. The van der Waals surface area contributed by atoms with E-state index in [1.165, 1.54) is 5.56 Å². The molecule has 1 aliphatic rings. The van der Waals surface area contributed by atoms with E-state index in [2.05, 4.69) is 26.6 Å². The maximum atomic E-state index is 12.2. The maximum absolute atomic E-state index is 12.2. The van der Waals surface area contributed by atoms with Gasteiger partial charge in [0.1, 0.15) is 0 Å². The summed E-state index contributed by atoms with van der Waals surface area (Å²) in [6, 6.07) is 15.5. The Morgan fingerprint density at radius 1 is 1.11 bits per heavy atom. The molecule has 1 unspecified atom stereocenters. The number of hydrogen-bond acceptors (Lipinski definition) is 2. The van der Waals surface area contributed by atoms with Crippen molar-refractivity contribution in [2.24, 2.45) is 0 Å². The van der Waals surface area contributed by atoms with E-state index in [4.69, 9.17) is 0 Å². The summed E-state index contributed by atoms with van der Waals surface area (Å²) in [5.74, 6) is 0.219. The Hall–Kier alpha value is -2.34. The molecule has 2 N–H and O–H groups in total. The van der Waals surface area contributed by atoms with Gasteiger partial charge in [0, 0.05) is 35.7 Å². The Kier molecular flexibility index (Phi) is 6.50. The first kappa shape index (κ1) is 19.4. The Morgan fingerprint density at radius 2 is 1.78 bits per heavy atom. The molecule has 0 aliphatic carbocycles. The van der Waals surface area contributed by atoms with Gasteiger partial charge in [-0.15, -0.1) is 0 Å². The quantitative estimate of drug-likeness (QED) is 0.717. The van der Waals surface area contributed by atoms with E-state index in [1.54, 1.807) is 0 Å². The molecule has 0 saturated carbocycles. The Labute approximate surface area is 168 Å². The third kappa shape index (κ3) is 5.82. The molecule has 0 spiro atoms. The van der Waals surface area contributed by atoms with Gasteiger partial charge >= 0.3 is 6.03 Å². The number of amides is 3. The highest BCUT2D eigenvalue weighted by atomic mass is 79.9. The number of carbonyl (C=O) groups excluding carboxylic acids is 2. The summed E-state index contributed by atoms with van der Waals surface area (Å²) in [6.07, 6.45) is 2.36. The summed E-state index contributed by atoms with van der Waals surface area (Å²) in [5.41, 5.74) is 2.98. The van der Waals surface area contributed by atoms with Gasteiger partial charge in [-0.1, -0.05) is 40.2 Å². The van der Waals surface area contributed by atoms with Crippen LogP contribution in [0.25, 0.3) is 0 Å². The van der Waals surface area contributed by atoms with E-state index in [0.717, 1.165) is 35.1 Å². The second-order valence-corrected chi connectivity index (χ2v) is 7.86. The number of benzene rings is 2. The molecule has 0 bridgehead atoms. The number of halogens is 1. The maximum Gasteiger partial charge on any atom is 0.319 e. The fourth-order valence-corrected chi connectivity index (χ4v) is 3.47. The van der Waals surface area contributed by atoms with Crippen LogP contribution in [0.3, 0.4) is 0 Å². The van der Waals surface area contributed by atoms with Crippen molar-refractivity contribution < 1.29 is 9.59 Å². The zero-order chi connectivity index (χ0) is 19.2. The highest BCUT2D eigenvalue weighted by Gasteiger charge is 2.19. The minimum absolute atomic E-state index is 0.0200. The Morgan fingerprint density at radius 3 is 2.41 bits per heavy atom. The average molecular weight is 430 g/mol. The van der Waals surface area contributed by atoms with Crippen molar-refractivity contribution in [1.82, 2.24) is 10.2 Å². The van der Waals surface area contributed by atoms with Gasteiger partial charge in [0.15, 0.2) is 0 Å². The molecule has 142 valence electrons. The summed E-state index contributed by atoms with van der Waals surface area (Å²) >= 11 is 3.42. The predicted octanol–water partition coefficient (Wildman–Crippen LogP) is 4.32. The van der Waals surface area contributed by atoms with E-state index >= 15 is 0 Å². The topological polar surface area (TPSA) is 61.4 Å². The molecule has 6 heteroatoms. The lowest BCUT2D eigenvalue weighted by molar-refractivity contribution is -0.128. The number of nitrogens with zero attached hydrogens (tertiary/aromatic N) is 1. The molecule has 1 atom stereocenters. The van der Waals surface area contributed by atoms with Crippen molar-refractivity contribution in [3.63, 3.8) is 0 Å². The van der Waals surface area contributed by atoms with Gasteiger partial charge in [0.25, 0.3) is 0 Å². The summed E-state index contributed by atoms with van der Waals surface area (Å²) in [4.78, 5) is 25.8. The van der Waals surface area contributed by atoms with Crippen LogP contribution in [0.15, 0.2) is 53.0 Å². The number of hydrogen-bond donors (Lipinski definition) is 2. The molecule has 0 aromatic heterocycles. The van der Waals surface area contributed by atoms with E-state index in [9.17, 15) is 9.59 Å². The number of anilines is 1. The number of likely N-dealkylation sites (tertiary alicyclic amines) is 1. The second kappa shape index (κ2) is 9.04. The van der Waals surface area contributed by atoms with Crippen LogP contribution in [-0.4, -0.2) is 29.4 Å². The first-order valence-electron chi connectivity index (χ1n) is 9.18. The summed E-state index contributed by atoms with van der Waals surface area (Å²) in [5, 5.41) is 5.82. The highest BCUT2D eigenvalue weighted by Crippen LogP contribution is 2.16. The molecule has 1 aliphatic heterocycles. The number of urea groups is 1. The SMILES string of the molecule is CC(Cc1ccc(Br)cc1)NC(=O)Nc1ccc(CN2CCCC2=O)cc1. The van der Waals surface area contributed by atoms with E-state index in [1.807, 2.05) is 60.4 Å². The standard InChI is InChI=1S/C21H24BrN3O2/c1-15(13-16-4-8-18(22)9-5-16)23-21(27)24-19-10-6-17(7-11-19)14-25-12-2-3-20(25)26/h4-11,15H,2-3,12-14H2,1H3,(H2,23,24,27). The second-order valence-electron chi connectivity index (χ2n) is 6.95. The zero-order valence-electron chi connectivity index (χ0n) is 15.4. The molecule has 1 saturated heterocycles. The monoisotopic (exact) mass is 429 g/mol. The molecule has 3 amide bonds. The van der Waals surface area contributed by atoms with Crippen molar-refractivity contribution in [2.45, 2.75) is 38.8 Å². The third-order valence-corrected chi connectivity index (χ3v) is 5.12. The third-order valence-electron chi connectivity index (χ3n) is 4.59. The molecule has 3 rings (SSSR count). The van der Waals surface area contributed by atoms with Crippen LogP contribution in [0.4, 0.5) is 10.5 Å². The minimum atomic E-state index is -0.220. The average Bonchev–Trinajstić information content (AvgIpc) is 3.03. The number of rotatable bonds is 6. The first-order chi connectivity index (χ1) is 13.0. The number of carbonyl (C=O) groups is 2. The van der Waals surface area contributed by atoms with Gasteiger partial charge in [-0.2, -0.15) is 0 Å². The van der Waals surface area contributed by atoms with Gasteiger partial charge in [-0.3, -0.25) is 4.79 Å². The van der Waals surface area contributed by atoms with Gasteiger partial charge < -0.3 is 15.5 Å². The van der Waals surface area contributed by atoms with Crippen LogP contribution in [0, 0.1) is 0 Å². The zero-order valence-corrected chi connectivity index (χ0v) is 17.0. The lowest BCUT2D eigenvalue weighted by Gasteiger charge is -2.16. The lowest BCUT2D eigenvalue weighted by atomic mass is 10.1. The van der Waals surface area contributed by atoms with Crippen molar-refractivity contribution in [2.75, 3.05) is 11.9 Å². The van der Waals surface area contributed by atoms with Crippen LogP contribution in [0.5, 0.6) is 0 Å². The molecule has 5 nitrogen and oxygen atoms in total. The molecule has 27 heavy (non-hydrogen) atoms. The van der Waals surface area contributed by atoms with Crippen LogP contribution >= 0.6 is 15.9 Å². The van der Waals surface area contributed by atoms with Gasteiger partial charge in [0.05, 0.1) is 0 Å². The fraction of sp³-hybridized carbons (Fsp3) is 0.333. The van der Waals surface area contributed by atoms with Gasteiger partial charge in [-0.25, -0.2) is 4.79 Å². The summed E-state index contributed by atoms with van der Waals surface area (Å²) in [7, 11) is 0. The van der Waals surface area contributed by atoms with Gasteiger partial charge in [-0.05, 0) is 55.2 Å². The van der Waals surface area contributed by atoms with Crippen LogP contribution in [0.2, 0.25) is 0 Å². The van der Waals surface area contributed by atoms with Crippen molar-refractivity contribution >= 4 is 33.6 Å².